The Labute approximate surface area is 185 Å². The second-order valence-electron chi connectivity index (χ2n) is 9.08. The first-order valence-corrected chi connectivity index (χ1v) is 11.1. The van der Waals surface area contributed by atoms with Crippen LogP contribution in [-0.4, -0.2) is 67.7 Å². The average Bonchev–Trinajstić information content (AvgIpc) is 3.33. The molecule has 2 N–H and O–H groups in total. The Bertz CT molecular complexity index is 818. The first-order valence-electron chi connectivity index (χ1n) is 11.1. The third-order valence-electron chi connectivity index (χ3n) is 5.46. The highest BCUT2D eigenvalue weighted by atomic mass is 16.6. The maximum Gasteiger partial charge on any atom is 0.407 e. The van der Waals surface area contributed by atoms with Crippen LogP contribution in [0.15, 0.2) is 29.3 Å². The number of nitrogens with one attached hydrogen (secondary N) is 2. The number of aliphatic imine (C=N–C) groups is 1. The van der Waals surface area contributed by atoms with Gasteiger partial charge in [-0.2, -0.15) is 0 Å². The van der Waals surface area contributed by atoms with Gasteiger partial charge in [-0.15, -0.1) is 0 Å². The molecule has 8 heteroatoms. The number of amides is 2. The van der Waals surface area contributed by atoms with Crippen LogP contribution in [0.4, 0.5) is 10.5 Å². The molecule has 1 unspecified atom stereocenters. The van der Waals surface area contributed by atoms with Crippen molar-refractivity contribution in [2.45, 2.75) is 58.1 Å². The molecular weight excluding hydrogens is 394 g/mol. The SMILES string of the molecule is CN=C(NCCCC(=O)N1CCc2ccccc21)N1CCC(NC(=O)OC(C)(C)C)C1. The Hall–Kier alpha value is -2.77. The van der Waals surface area contributed by atoms with E-state index in [-0.39, 0.29) is 18.0 Å². The van der Waals surface area contributed by atoms with E-state index in [1.165, 1.54) is 5.56 Å². The zero-order valence-corrected chi connectivity index (χ0v) is 19.1. The Balaban J connectivity index is 1.38. The summed E-state index contributed by atoms with van der Waals surface area (Å²) in [6.07, 6.45) is 2.63. The number of ether oxygens (including phenoxy) is 1. The third-order valence-corrected chi connectivity index (χ3v) is 5.46. The summed E-state index contributed by atoms with van der Waals surface area (Å²) < 4.78 is 5.34. The van der Waals surface area contributed by atoms with Crippen LogP contribution in [0.5, 0.6) is 0 Å². The molecule has 0 saturated carbocycles. The highest BCUT2D eigenvalue weighted by Crippen LogP contribution is 2.28. The first kappa shape index (κ1) is 22.9. The summed E-state index contributed by atoms with van der Waals surface area (Å²) in [5.41, 5.74) is 1.80. The number of guanidine groups is 1. The molecule has 2 heterocycles. The molecule has 0 bridgehead atoms. The van der Waals surface area contributed by atoms with Crippen molar-refractivity contribution in [3.05, 3.63) is 29.8 Å². The monoisotopic (exact) mass is 429 g/mol. The van der Waals surface area contributed by atoms with Crippen LogP contribution in [0, 0.1) is 0 Å². The molecule has 1 saturated heterocycles. The largest absolute Gasteiger partial charge is 0.444 e. The molecule has 1 atom stereocenters. The molecule has 1 aromatic carbocycles. The van der Waals surface area contributed by atoms with Crippen LogP contribution in [0.1, 0.15) is 45.6 Å². The van der Waals surface area contributed by atoms with Gasteiger partial charge in [0.2, 0.25) is 5.91 Å². The predicted molar refractivity (Wildman–Crippen MR) is 122 cm³/mol. The van der Waals surface area contributed by atoms with Gasteiger partial charge >= 0.3 is 6.09 Å². The molecule has 3 rings (SSSR count). The zero-order valence-electron chi connectivity index (χ0n) is 19.1. The van der Waals surface area contributed by atoms with E-state index >= 15 is 0 Å². The van der Waals surface area contributed by atoms with Crippen molar-refractivity contribution >= 4 is 23.6 Å². The lowest BCUT2D eigenvalue weighted by atomic mass is 10.2. The number of alkyl carbamates (subject to hydrolysis) is 1. The van der Waals surface area contributed by atoms with Crippen LogP contribution in [-0.2, 0) is 16.0 Å². The lowest BCUT2D eigenvalue weighted by Gasteiger charge is -2.23. The number of benzene rings is 1. The summed E-state index contributed by atoms with van der Waals surface area (Å²) >= 11 is 0. The van der Waals surface area contributed by atoms with E-state index in [9.17, 15) is 9.59 Å². The van der Waals surface area contributed by atoms with Crippen molar-refractivity contribution in [3.63, 3.8) is 0 Å². The maximum atomic E-state index is 12.6. The van der Waals surface area contributed by atoms with Crippen molar-refractivity contribution < 1.29 is 14.3 Å². The minimum absolute atomic E-state index is 0.0326. The minimum Gasteiger partial charge on any atom is -0.444 e. The van der Waals surface area contributed by atoms with E-state index in [2.05, 4.69) is 26.6 Å². The van der Waals surface area contributed by atoms with Gasteiger partial charge in [-0.25, -0.2) is 4.79 Å². The highest BCUT2D eigenvalue weighted by Gasteiger charge is 2.28. The van der Waals surface area contributed by atoms with E-state index in [1.54, 1.807) is 7.05 Å². The molecule has 0 aliphatic carbocycles. The minimum atomic E-state index is -0.505. The predicted octanol–water partition coefficient (Wildman–Crippen LogP) is 2.53. The fourth-order valence-electron chi connectivity index (χ4n) is 4.05. The van der Waals surface area contributed by atoms with E-state index in [4.69, 9.17) is 4.74 Å². The summed E-state index contributed by atoms with van der Waals surface area (Å²) in [6, 6.07) is 8.15. The van der Waals surface area contributed by atoms with Gasteiger partial charge < -0.3 is 25.2 Å². The standard InChI is InChI=1S/C23H35N5O3/c1-23(2,3)31-22(30)26-18-12-14-27(16-18)21(24-4)25-13-7-10-20(29)28-15-11-17-8-5-6-9-19(17)28/h5-6,8-9,18H,7,10-16H2,1-4H3,(H,24,25)(H,26,30). The van der Waals surface area contributed by atoms with E-state index in [0.29, 0.717) is 19.5 Å². The smallest absolute Gasteiger partial charge is 0.407 e. The Morgan fingerprint density at radius 3 is 2.74 bits per heavy atom. The third kappa shape index (κ3) is 6.35. The van der Waals surface area contributed by atoms with E-state index in [0.717, 1.165) is 44.0 Å². The number of nitrogens with zero attached hydrogens (tertiary/aromatic N) is 3. The molecule has 31 heavy (non-hydrogen) atoms. The molecule has 2 amide bonds. The van der Waals surface area contributed by atoms with Gasteiger partial charge in [0.1, 0.15) is 5.60 Å². The van der Waals surface area contributed by atoms with Crippen molar-refractivity contribution in [1.29, 1.82) is 0 Å². The molecule has 170 valence electrons. The van der Waals surface area contributed by atoms with Crippen LogP contribution >= 0.6 is 0 Å². The fraction of sp³-hybridized carbons (Fsp3) is 0.609. The van der Waals surface area contributed by atoms with Crippen molar-refractivity contribution in [1.82, 2.24) is 15.5 Å². The van der Waals surface area contributed by atoms with Crippen LogP contribution < -0.4 is 15.5 Å². The quantitative estimate of drug-likeness (QED) is 0.427. The number of carbonyl (C=O) groups is 2. The summed E-state index contributed by atoms with van der Waals surface area (Å²) in [5.74, 6) is 0.969. The number of anilines is 1. The summed E-state index contributed by atoms with van der Waals surface area (Å²) in [4.78, 5) is 33.0. The van der Waals surface area contributed by atoms with Gasteiger partial charge in [0.05, 0.1) is 6.04 Å². The number of hydrogen-bond donors (Lipinski definition) is 2. The van der Waals surface area contributed by atoms with Gasteiger partial charge in [0.15, 0.2) is 5.96 Å². The molecule has 0 radical (unpaired) electrons. The highest BCUT2D eigenvalue weighted by molar-refractivity contribution is 5.95. The molecule has 2 aliphatic heterocycles. The molecule has 1 aromatic rings. The number of likely N-dealkylation sites (tertiary alicyclic amines) is 1. The Morgan fingerprint density at radius 2 is 2.00 bits per heavy atom. The van der Waals surface area contributed by atoms with Gasteiger partial charge in [-0.05, 0) is 51.7 Å². The fourth-order valence-corrected chi connectivity index (χ4v) is 4.05. The van der Waals surface area contributed by atoms with Gasteiger partial charge in [0.25, 0.3) is 0 Å². The number of rotatable bonds is 5. The molecule has 1 fully saturated rings. The lowest BCUT2D eigenvalue weighted by Crippen LogP contribution is -2.44. The number of carbonyl (C=O) groups excluding carboxylic acids is 2. The van der Waals surface area contributed by atoms with Crippen molar-refractivity contribution in [3.8, 4) is 0 Å². The number of para-hydroxylation sites is 1. The van der Waals surface area contributed by atoms with Crippen molar-refractivity contribution in [2.24, 2.45) is 4.99 Å². The summed E-state index contributed by atoms with van der Waals surface area (Å²) in [6.45, 7) is 8.50. The molecule has 2 aliphatic rings. The van der Waals surface area contributed by atoms with Crippen LogP contribution in [0.25, 0.3) is 0 Å². The molecule has 0 aromatic heterocycles. The van der Waals surface area contributed by atoms with Crippen LogP contribution in [0.3, 0.4) is 0 Å². The number of fused-ring (bicyclic) bond motifs is 1. The van der Waals surface area contributed by atoms with Gasteiger partial charge in [0, 0.05) is 45.3 Å². The second-order valence-corrected chi connectivity index (χ2v) is 9.08. The Kier molecular flexibility index (Phi) is 7.41. The van der Waals surface area contributed by atoms with E-state index in [1.807, 2.05) is 43.9 Å². The van der Waals surface area contributed by atoms with Crippen molar-refractivity contribution in [2.75, 3.05) is 38.1 Å². The van der Waals surface area contributed by atoms with Gasteiger partial charge in [-0.3, -0.25) is 9.79 Å². The van der Waals surface area contributed by atoms with E-state index < -0.39 is 5.60 Å². The lowest BCUT2D eigenvalue weighted by molar-refractivity contribution is -0.118. The average molecular weight is 430 g/mol. The molecular formula is C23H35N5O3. The zero-order chi connectivity index (χ0) is 22.4. The van der Waals surface area contributed by atoms with Gasteiger partial charge in [-0.1, -0.05) is 18.2 Å². The second kappa shape index (κ2) is 10.0. The maximum absolute atomic E-state index is 12.6. The summed E-state index contributed by atoms with van der Waals surface area (Å²) in [5, 5.41) is 6.28. The summed E-state index contributed by atoms with van der Waals surface area (Å²) in [7, 11) is 1.75. The first-order chi connectivity index (χ1) is 14.8. The number of hydrogen-bond acceptors (Lipinski definition) is 4. The topological polar surface area (TPSA) is 86.3 Å². The molecule has 8 nitrogen and oxygen atoms in total. The normalized spacial score (nSPS) is 18.7. The van der Waals surface area contributed by atoms with Crippen LogP contribution in [0.2, 0.25) is 0 Å². The Morgan fingerprint density at radius 1 is 1.23 bits per heavy atom. The molecule has 0 spiro atoms.